The summed E-state index contributed by atoms with van der Waals surface area (Å²) < 4.78 is 0. The Balaban J connectivity index is 1.89. The van der Waals surface area contributed by atoms with E-state index >= 15 is 0 Å². The molecular formula is C14H24N2O3. The number of carboxylic acids is 1. The number of carbonyl (C=O) groups is 2. The lowest BCUT2D eigenvalue weighted by molar-refractivity contribution is -0.150. The van der Waals surface area contributed by atoms with Gasteiger partial charge in [0.25, 0.3) is 0 Å². The van der Waals surface area contributed by atoms with Crippen LogP contribution in [0.3, 0.4) is 0 Å². The minimum atomic E-state index is -0.808. The molecule has 2 N–H and O–H groups in total. The van der Waals surface area contributed by atoms with Gasteiger partial charge in [0.2, 0.25) is 0 Å². The molecule has 5 nitrogen and oxygen atoms in total. The fourth-order valence-electron chi connectivity index (χ4n) is 2.93. The molecule has 1 saturated carbocycles. The molecule has 2 amide bonds. The zero-order chi connectivity index (χ0) is 14.0. The van der Waals surface area contributed by atoms with Crippen LogP contribution in [0.25, 0.3) is 0 Å². The van der Waals surface area contributed by atoms with Crippen molar-refractivity contribution in [3.63, 3.8) is 0 Å². The van der Waals surface area contributed by atoms with E-state index < -0.39 is 11.4 Å². The fourth-order valence-corrected chi connectivity index (χ4v) is 2.93. The molecule has 19 heavy (non-hydrogen) atoms. The molecule has 2 unspecified atom stereocenters. The van der Waals surface area contributed by atoms with E-state index in [4.69, 9.17) is 0 Å². The Labute approximate surface area is 114 Å². The van der Waals surface area contributed by atoms with Gasteiger partial charge in [0.15, 0.2) is 0 Å². The molecule has 0 bridgehead atoms. The third-order valence-electron chi connectivity index (χ3n) is 4.71. The van der Waals surface area contributed by atoms with Crippen molar-refractivity contribution in [1.82, 2.24) is 10.2 Å². The van der Waals surface area contributed by atoms with Crippen molar-refractivity contribution in [2.24, 2.45) is 11.3 Å². The first-order valence-corrected chi connectivity index (χ1v) is 7.21. The molecule has 0 aromatic rings. The van der Waals surface area contributed by atoms with Crippen LogP contribution in [0.2, 0.25) is 0 Å². The van der Waals surface area contributed by atoms with Crippen molar-refractivity contribution < 1.29 is 14.7 Å². The van der Waals surface area contributed by atoms with Gasteiger partial charge >= 0.3 is 12.0 Å². The van der Waals surface area contributed by atoms with E-state index in [2.05, 4.69) is 5.32 Å². The van der Waals surface area contributed by atoms with Crippen LogP contribution in [0, 0.1) is 11.3 Å². The predicted molar refractivity (Wildman–Crippen MR) is 71.9 cm³/mol. The number of hydrogen-bond donors (Lipinski definition) is 2. The van der Waals surface area contributed by atoms with Crippen LogP contribution in [0.1, 0.15) is 46.0 Å². The highest BCUT2D eigenvalue weighted by molar-refractivity contribution is 5.78. The molecule has 2 rings (SSSR count). The number of nitrogens with one attached hydrogen (secondary N) is 1. The Morgan fingerprint density at radius 1 is 1.37 bits per heavy atom. The summed E-state index contributed by atoms with van der Waals surface area (Å²) in [6.07, 6.45) is 5.03. The molecular weight excluding hydrogens is 244 g/mol. The Kier molecular flexibility index (Phi) is 4.02. The maximum Gasteiger partial charge on any atom is 0.317 e. The van der Waals surface area contributed by atoms with E-state index in [9.17, 15) is 14.7 Å². The number of piperidine rings is 1. The topological polar surface area (TPSA) is 69.6 Å². The molecule has 108 valence electrons. The normalized spacial score (nSPS) is 29.5. The largest absolute Gasteiger partial charge is 0.481 e. The van der Waals surface area contributed by atoms with Gasteiger partial charge in [-0.25, -0.2) is 4.79 Å². The Hall–Kier alpha value is -1.26. The van der Waals surface area contributed by atoms with Crippen LogP contribution in [-0.4, -0.2) is 41.1 Å². The van der Waals surface area contributed by atoms with Gasteiger partial charge in [0.05, 0.1) is 5.41 Å². The summed E-state index contributed by atoms with van der Waals surface area (Å²) in [5, 5.41) is 12.3. The monoisotopic (exact) mass is 268 g/mol. The Morgan fingerprint density at radius 3 is 2.58 bits per heavy atom. The SMILES string of the molecule is CC(NC(=O)N1CCCC(C)(C(=O)O)C1)C1CCC1. The molecule has 2 fully saturated rings. The number of nitrogens with zero attached hydrogens (tertiary/aromatic N) is 1. The molecule has 1 heterocycles. The summed E-state index contributed by atoms with van der Waals surface area (Å²) >= 11 is 0. The number of aliphatic carboxylic acids is 1. The standard InChI is InChI=1S/C14H24N2O3/c1-10(11-5-3-6-11)15-13(19)16-8-4-7-14(2,9-16)12(17)18/h10-11H,3-9H2,1-2H3,(H,15,19)(H,17,18). The molecule has 1 aliphatic heterocycles. The zero-order valence-corrected chi connectivity index (χ0v) is 11.8. The highest BCUT2D eigenvalue weighted by Crippen LogP contribution is 2.31. The van der Waals surface area contributed by atoms with Crippen molar-refractivity contribution in [2.75, 3.05) is 13.1 Å². The quantitative estimate of drug-likeness (QED) is 0.823. The number of amides is 2. The minimum absolute atomic E-state index is 0.105. The summed E-state index contributed by atoms with van der Waals surface area (Å²) in [5.41, 5.74) is -0.796. The summed E-state index contributed by atoms with van der Waals surface area (Å²) in [6, 6.07) is 0.0887. The van der Waals surface area contributed by atoms with Gasteiger partial charge in [-0.05, 0) is 45.4 Å². The number of rotatable bonds is 3. The summed E-state index contributed by atoms with van der Waals surface area (Å²) in [7, 11) is 0. The summed E-state index contributed by atoms with van der Waals surface area (Å²) in [5.74, 6) is -0.211. The van der Waals surface area contributed by atoms with Gasteiger partial charge in [-0.1, -0.05) is 6.42 Å². The number of carboxylic acid groups (broad SMARTS) is 1. The average Bonchev–Trinajstić information content (AvgIpc) is 2.26. The van der Waals surface area contributed by atoms with Gasteiger partial charge in [0.1, 0.15) is 0 Å². The first-order valence-electron chi connectivity index (χ1n) is 7.21. The van der Waals surface area contributed by atoms with E-state index in [0.717, 1.165) is 6.42 Å². The maximum absolute atomic E-state index is 12.2. The molecule has 1 aliphatic carbocycles. The highest BCUT2D eigenvalue weighted by atomic mass is 16.4. The second kappa shape index (κ2) is 5.39. The number of likely N-dealkylation sites (tertiary alicyclic amines) is 1. The lowest BCUT2D eigenvalue weighted by atomic mass is 9.80. The second-order valence-electron chi connectivity index (χ2n) is 6.32. The van der Waals surface area contributed by atoms with Gasteiger partial charge in [-0.15, -0.1) is 0 Å². The van der Waals surface area contributed by atoms with Crippen LogP contribution >= 0.6 is 0 Å². The first kappa shape index (κ1) is 14.2. The molecule has 5 heteroatoms. The number of carbonyl (C=O) groups excluding carboxylic acids is 1. The average molecular weight is 268 g/mol. The second-order valence-corrected chi connectivity index (χ2v) is 6.32. The predicted octanol–water partition coefficient (Wildman–Crippen LogP) is 2.07. The molecule has 0 radical (unpaired) electrons. The van der Waals surface area contributed by atoms with Gasteiger partial charge in [-0.3, -0.25) is 4.79 Å². The maximum atomic E-state index is 12.2. The van der Waals surface area contributed by atoms with Crippen LogP contribution in [0.15, 0.2) is 0 Å². The Morgan fingerprint density at radius 2 is 2.05 bits per heavy atom. The molecule has 0 aromatic carbocycles. The molecule has 2 aliphatic rings. The van der Waals surface area contributed by atoms with Gasteiger partial charge in [0, 0.05) is 19.1 Å². The number of urea groups is 1. The van der Waals surface area contributed by atoms with Crippen molar-refractivity contribution in [3.05, 3.63) is 0 Å². The summed E-state index contributed by atoms with van der Waals surface area (Å²) in [4.78, 5) is 25.1. The van der Waals surface area contributed by atoms with Gasteiger partial charge in [-0.2, -0.15) is 0 Å². The van der Waals surface area contributed by atoms with Crippen LogP contribution in [-0.2, 0) is 4.79 Å². The fraction of sp³-hybridized carbons (Fsp3) is 0.857. The third-order valence-corrected chi connectivity index (χ3v) is 4.71. The van der Waals surface area contributed by atoms with Gasteiger partial charge < -0.3 is 15.3 Å². The molecule has 1 saturated heterocycles. The molecule has 0 spiro atoms. The van der Waals surface area contributed by atoms with E-state index in [-0.39, 0.29) is 12.1 Å². The van der Waals surface area contributed by atoms with Crippen LogP contribution in [0.4, 0.5) is 4.79 Å². The van der Waals surface area contributed by atoms with Crippen molar-refractivity contribution in [3.8, 4) is 0 Å². The van der Waals surface area contributed by atoms with Crippen LogP contribution in [0.5, 0.6) is 0 Å². The lowest BCUT2D eigenvalue weighted by Crippen LogP contribution is -2.54. The molecule has 0 aromatic heterocycles. The van der Waals surface area contributed by atoms with Crippen molar-refractivity contribution in [2.45, 2.75) is 52.0 Å². The number of hydrogen-bond acceptors (Lipinski definition) is 2. The third kappa shape index (κ3) is 3.01. The van der Waals surface area contributed by atoms with Crippen molar-refractivity contribution in [1.29, 1.82) is 0 Å². The minimum Gasteiger partial charge on any atom is -0.481 e. The van der Waals surface area contributed by atoms with Crippen LogP contribution < -0.4 is 5.32 Å². The zero-order valence-electron chi connectivity index (χ0n) is 11.8. The first-order chi connectivity index (χ1) is 8.92. The molecule has 2 atom stereocenters. The van der Waals surface area contributed by atoms with E-state index in [0.29, 0.717) is 25.4 Å². The van der Waals surface area contributed by atoms with E-state index in [1.54, 1.807) is 11.8 Å². The van der Waals surface area contributed by atoms with Crippen molar-refractivity contribution >= 4 is 12.0 Å². The Bertz CT molecular complexity index is 368. The smallest absolute Gasteiger partial charge is 0.317 e. The van der Waals surface area contributed by atoms with E-state index in [1.165, 1.54) is 19.3 Å². The van der Waals surface area contributed by atoms with E-state index in [1.807, 2.05) is 6.92 Å². The summed E-state index contributed by atoms with van der Waals surface area (Å²) in [6.45, 7) is 4.74. The lowest BCUT2D eigenvalue weighted by Gasteiger charge is -2.39. The highest BCUT2D eigenvalue weighted by Gasteiger charge is 2.39.